The van der Waals surface area contributed by atoms with Gasteiger partial charge in [-0.2, -0.15) is 5.10 Å². The Hall–Kier alpha value is -2.60. The normalized spacial score (nSPS) is 12.8. The van der Waals surface area contributed by atoms with Crippen LogP contribution in [0.5, 0.6) is 0 Å². The van der Waals surface area contributed by atoms with E-state index in [0.717, 1.165) is 29.3 Å². The molecule has 0 fully saturated rings. The van der Waals surface area contributed by atoms with Crippen molar-refractivity contribution in [3.63, 3.8) is 0 Å². The lowest BCUT2D eigenvalue weighted by Gasteiger charge is -2.06. The molecule has 5 nitrogen and oxygen atoms in total. The predicted molar refractivity (Wildman–Crippen MR) is 102 cm³/mol. The molecular formula is C20H20N4OS. The van der Waals surface area contributed by atoms with E-state index in [9.17, 15) is 4.79 Å². The summed E-state index contributed by atoms with van der Waals surface area (Å²) in [6, 6.07) is 13.6. The molecule has 3 aromatic rings. The van der Waals surface area contributed by atoms with Crippen LogP contribution in [-0.2, 0) is 25.1 Å². The van der Waals surface area contributed by atoms with Crippen molar-refractivity contribution in [1.29, 1.82) is 0 Å². The van der Waals surface area contributed by atoms with Gasteiger partial charge in [0.1, 0.15) is 0 Å². The van der Waals surface area contributed by atoms with Crippen LogP contribution in [0.25, 0.3) is 0 Å². The minimum Gasteiger partial charge on any atom is -0.346 e. The van der Waals surface area contributed by atoms with Gasteiger partial charge in [-0.1, -0.05) is 18.2 Å². The van der Waals surface area contributed by atoms with E-state index in [1.807, 2.05) is 42.5 Å². The highest BCUT2D eigenvalue weighted by molar-refractivity contribution is 7.98. The van der Waals surface area contributed by atoms with E-state index >= 15 is 0 Å². The van der Waals surface area contributed by atoms with Crippen LogP contribution in [0.1, 0.15) is 39.3 Å². The number of nitrogens with one attached hydrogen (secondary N) is 2. The number of aryl methyl sites for hydroxylation is 1. The number of amides is 1. The highest BCUT2D eigenvalue weighted by Gasteiger charge is 2.18. The molecule has 1 amide bonds. The molecule has 0 saturated heterocycles. The Morgan fingerprint density at radius 3 is 2.85 bits per heavy atom. The van der Waals surface area contributed by atoms with Crippen molar-refractivity contribution in [3.8, 4) is 0 Å². The second kappa shape index (κ2) is 7.74. The van der Waals surface area contributed by atoms with Gasteiger partial charge in [0.05, 0.1) is 17.3 Å². The number of pyridine rings is 1. The number of aromatic nitrogens is 3. The summed E-state index contributed by atoms with van der Waals surface area (Å²) in [6.07, 6.45) is 5.08. The molecule has 26 heavy (non-hydrogen) atoms. The van der Waals surface area contributed by atoms with E-state index in [1.54, 1.807) is 18.0 Å². The Balaban J connectivity index is 1.32. The number of rotatable bonds is 6. The Morgan fingerprint density at radius 1 is 1.15 bits per heavy atom. The Morgan fingerprint density at radius 2 is 2.04 bits per heavy atom. The number of carbonyl (C=O) groups is 1. The lowest BCUT2D eigenvalue weighted by atomic mass is 10.1. The van der Waals surface area contributed by atoms with E-state index < -0.39 is 0 Å². The molecule has 1 aliphatic carbocycles. The van der Waals surface area contributed by atoms with Crippen LogP contribution in [0.4, 0.5) is 0 Å². The van der Waals surface area contributed by atoms with Crippen LogP contribution in [0.2, 0.25) is 0 Å². The number of fused-ring (bicyclic) bond motifs is 1. The summed E-state index contributed by atoms with van der Waals surface area (Å²) in [5.74, 6) is 0.766. The zero-order valence-corrected chi connectivity index (χ0v) is 15.2. The van der Waals surface area contributed by atoms with Crippen molar-refractivity contribution < 1.29 is 4.79 Å². The molecule has 4 rings (SSSR count). The van der Waals surface area contributed by atoms with E-state index in [0.29, 0.717) is 12.1 Å². The molecule has 2 heterocycles. The zero-order valence-electron chi connectivity index (χ0n) is 14.4. The molecule has 1 aliphatic rings. The third-order valence-corrected chi connectivity index (χ3v) is 5.56. The fraction of sp³-hybridized carbons (Fsp3) is 0.250. The average molecular weight is 364 g/mol. The molecule has 0 bridgehead atoms. The Labute approximate surface area is 156 Å². The molecule has 132 valence electrons. The van der Waals surface area contributed by atoms with Gasteiger partial charge in [0, 0.05) is 23.2 Å². The second-order valence-corrected chi connectivity index (χ2v) is 7.31. The fourth-order valence-corrected chi connectivity index (χ4v) is 3.96. The van der Waals surface area contributed by atoms with Crippen LogP contribution in [0.15, 0.2) is 53.7 Å². The van der Waals surface area contributed by atoms with E-state index in [4.69, 9.17) is 0 Å². The maximum Gasteiger partial charge on any atom is 0.251 e. The number of carbonyl (C=O) groups excluding carboxylic acids is 1. The van der Waals surface area contributed by atoms with Gasteiger partial charge in [-0.05, 0) is 54.7 Å². The summed E-state index contributed by atoms with van der Waals surface area (Å²) < 4.78 is 0. The maximum atomic E-state index is 12.4. The third-order valence-electron chi connectivity index (χ3n) is 4.55. The first-order valence-electron chi connectivity index (χ1n) is 8.75. The first kappa shape index (κ1) is 16.8. The molecule has 0 spiro atoms. The van der Waals surface area contributed by atoms with Crippen molar-refractivity contribution in [1.82, 2.24) is 20.5 Å². The number of aromatic amines is 1. The van der Waals surface area contributed by atoms with Gasteiger partial charge < -0.3 is 5.32 Å². The van der Waals surface area contributed by atoms with Crippen molar-refractivity contribution in [3.05, 3.63) is 76.7 Å². The van der Waals surface area contributed by atoms with E-state index in [1.165, 1.54) is 23.2 Å². The smallest absolute Gasteiger partial charge is 0.251 e. The molecule has 0 unspecified atom stereocenters. The number of benzene rings is 1. The average Bonchev–Trinajstić information content (AvgIpc) is 3.30. The van der Waals surface area contributed by atoms with Crippen molar-refractivity contribution in [2.45, 2.75) is 36.6 Å². The Kier molecular flexibility index (Phi) is 5.02. The fourth-order valence-electron chi connectivity index (χ4n) is 3.14. The van der Waals surface area contributed by atoms with Crippen molar-refractivity contribution >= 4 is 17.7 Å². The SMILES string of the molecule is O=C(NCc1n[nH]c2c1CCC2)c1ccc(CSc2ccccn2)cc1. The molecule has 2 aromatic heterocycles. The largest absolute Gasteiger partial charge is 0.346 e. The molecule has 0 saturated carbocycles. The number of thioether (sulfide) groups is 1. The quantitative estimate of drug-likeness (QED) is 0.657. The second-order valence-electron chi connectivity index (χ2n) is 6.32. The van der Waals surface area contributed by atoms with E-state index in [2.05, 4.69) is 20.5 Å². The van der Waals surface area contributed by atoms with Crippen LogP contribution in [0.3, 0.4) is 0 Å². The summed E-state index contributed by atoms with van der Waals surface area (Å²) >= 11 is 1.68. The van der Waals surface area contributed by atoms with Gasteiger partial charge in [0.15, 0.2) is 0 Å². The lowest BCUT2D eigenvalue weighted by Crippen LogP contribution is -2.23. The minimum absolute atomic E-state index is 0.0660. The molecule has 1 aromatic carbocycles. The maximum absolute atomic E-state index is 12.4. The van der Waals surface area contributed by atoms with E-state index in [-0.39, 0.29) is 5.91 Å². The van der Waals surface area contributed by atoms with Gasteiger partial charge in [-0.15, -0.1) is 11.8 Å². The van der Waals surface area contributed by atoms with Gasteiger partial charge in [-0.3, -0.25) is 9.89 Å². The summed E-state index contributed by atoms with van der Waals surface area (Å²) in [7, 11) is 0. The highest BCUT2D eigenvalue weighted by atomic mass is 32.2. The predicted octanol–water partition coefficient (Wildman–Crippen LogP) is 3.52. The van der Waals surface area contributed by atoms with Crippen molar-refractivity contribution in [2.24, 2.45) is 0 Å². The first-order valence-corrected chi connectivity index (χ1v) is 9.74. The molecule has 2 N–H and O–H groups in total. The standard InChI is InChI=1S/C20H20N4OS/c25-20(22-12-18-16-4-3-5-17(16)23-24-18)15-9-7-14(8-10-15)13-26-19-6-1-2-11-21-19/h1-2,6-11H,3-5,12-13H2,(H,22,25)(H,23,24). The summed E-state index contributed by atoms with van der Waals surface area (Å²) in [6.45, 7) is 0.474. The van der Waals surface area contributed by atoms with Crippen LogP contribution in [0, 0.1) is 0 Å². The van der Waals surface area contributed by atoms with Gasteiger partial charge >= 0.3 is 0 Å². The summed E-state index contributed by atoms with van der Waals surface area (Å²) in [5, 5.41) is 11.4. The molecule has 0 aliphatic heterocycles. The molecule has 0 atom stereocenters. The first-order chi connectivity index (χ1) is 12.8. The highest BCUT2D eigenvalue weighted by Crippen LogP contribution is 2.23. The number of hydrogen-bond donors (Lipinski definition) is 2. The molecule has 6 heteroatoms. The monoisotopic (exact) mass is 364 g/mol. The zero-order chi connectivity index (χ0) is 17.8. The Bertz CT molecular complexity index is 890. The van der Waals surface area contributed by atoms with Crippen LogP contribution >= 0.6 is 11.8 Å². The van der Waals surface area contributed by atoms with Crippen molar-refractivity contribution in [2.75, 3.05) is 0 Å². The summed E-state index contributed by atoms with van der Waals surface area (Å²) in [4.78, 5) is 16.7. The lowest BCUT2D eigenvalue weighted by molar-refractivity contribution is 0.0950. The minimum atomic E-state index is -0.0660. The third kappa shape index (κ3) is 3.80. The molecular weight excluding hydrogens is 344 g/mol. The number of H-pyrrole nitrogens is 1. The number of hydrogen-bond acceptors (Lipinski definition) is 4. The number of nitrogens with zero attached hydrogens (tertiary/aromatic N) is 2. The van der Waals surface area contributed by atoms with Gasteiger partial charge in [0.2, 0.25) is 0 Å². The molecule has 0 radical (unpaired) electrons. The van der Waals surface area contributed by atoms with Crippen LogP contribution < -0.4 is 5.32 Å². The van der Waals surface area contributed by atoms with Gasteiger partial charge in [-0.25, -0.2) is 4.98 Å². The van der Waals surface area contributed by atoms with Gasteiger partial charge in [0.25, 0.3) is 5.91 Å². The topological polar surface area (TPSA) is 70.7 Å². The summed E-state index contributed by atoms with van der Waals surface area (Å²) in [5.41, 5.74) is 5.32. The van der Waals surface area contributed by atoms with Crippen LogP contribution in [-0.4, -0.2) is 21.1 Å².